The number of aromatic nitrogens is 5. The minimum Gasteiger partial charge on any atom is -0.455 e. The van der Waals surface area contributed by atoms with Crippen molar-refractivity contribution in [1.82, 2.24) is 24.7 Å². The molecule has 5 aromatic rings. The number of ether oxygens (including phenoxy) is 1. The first kappa shape index (κ1) is 20.3. The standard InChI is InChI=1S/C24H20N6O3/c1-15-12-19(30(29-15)14-16-6-3-2-4-7-16)23(31)26-17-8-5-9-18(13-17)33-20-10-11-25-22-21(20)27-24(32)28-22/h2-13H,14H2,1H3,(H,26,31)(H2,25,27,28,32). The van der Waals surface area contributed by atoms with Crippen LogP contribution in [0, 0.1) is 6.92 Å². The van der Waals surface area contributed by atoms with Crippen LogP contribution in [0.15, 0.2) is 77.7 Å². The Morgan fingerprint density at radius 2 is 1.91 bits per heavy atom. The molecule has 9 nitrogen and oxygen atoms in total. The first-order valence-electron chi connectivity index (χ1n) is 10.3. The van der Waals surface area contributed by atoms with Crippen molar-refractivity contribution in [3.8, 4) is 11.5 Å². The lowest BCUT2D eigenvalue weighted by Gasteiger charge is -2.11. The number of nitrogens with zero attached hydrogens (tertiary/aromatic N) is 3. The van der Waals surface area contributed by atoms with Crippen LogP contribution in [0.5, 0.6) is 11.5 Å². The fraction of sp³-hybridized carbons (Fsp3) is 0.0833. The summed E-state index contributed by atoms with van der Waals surface area (Å²) < 4.78 is 7.63. The second-order valence-corrected chi connectivity index (χ2v) is 7.51. The first-order valence-corrected chi connectivity index (χ1v) is 10.3. The normalized spacial score (nSPS) is 10.9. The van der Waals surface area contributed by atoms with Crippen LogP contribution in [-0.2, 0) is 6.54 Å². The lowest BCUT2D eigenvalue weighted by Crippen LogP contribution is -2.18. The summed E-state index contributed by atoms with van der Waals surface area (Å²) in [6.45, 7) is 2.35. The number of nitrogens with one attached hydrogen (secondary N) is 3. The Bertz CT molecular complexity index is 1500. The second kappa shape index (κ2) is 8.46. The maximum atomic E-state index is 13.0. The van der Waals surface area contributed by atoms with E-state index in [0.29, 0.717) is 40.6 Å². The number of hydrogen-bond donors (Lipinski definition) is 3. The van der Waals surface area contributed by atoms with E-state index in [-0.39, 0.29) is 11.6 Å². The van der Waals surface area contributed by atoms with Crippen LogP contribution in [0.1, 0.15) is 21.7 Å². The van der Waals surface area contributed by atoms with E-state index in [1.54, 1.807) is 47.3 Å². The molecule has 33 heavy (non-hydrogen) atoms. The molecule has 0 aliphatic carbocycles. The number of fused-ring (bicyclic) bond motifs is 1. The van der Waals surface area contributed by atoms with Gasteiger partial charge in [-0.25, -0.2) is 9.78 Å². The molecule has 0 aliphatic rings. The summed E-state index contributed by atoms with van der Waals surface area (Å²) in [6.07, 6.45) is 1.54. The molecular formula is C24H20N6O3. The lowest BCUT2D eigenvalue weighted by molar-refractivity contribution is 0.101. The van der Waals surface area contributed by atoms with Crippen LogP contribution < -0.4 is 15.7 Å². The number of hydrogen-bond acceptors (Lipinski definition) is 5. The van der Waals surface area contributed by atoms with Gasteiger partial charge in [0.1, 0.15) is 17.0 Å². The third kappa shape index (κ3) is 4.38. The number of imidazole rings is 1. The zero-order valence-electron chi connectivity index (χ0n) is 17.7. The molecule has 0 bridgehead atoms. The molecule has 5 rings (SSSR count). The predicted molar refractivity (Wildman–Crippen MR) is 124 cm³/mol. The van der Waals surface area contributed by atoms with E-state index in [4.69, 9.17) is 4.74 Å². The van der Waals surface area contributed by atoms with Crippen molar-refractivity contribution in [3.05, 3.63) is 100 Å². The molecule has 164 valence electrons. The lowest BCUT2D eigenvalue weighted by atomic mass is 10.2. The average Bonchev–Trinajstić information content (AvgIpc) is 3.37. The number of carbonyl (C=O) groups excluding carboxylic acids is 1. The molecule has 0 unspecified atom stereocenters. The zero-order valence-corrected chi connectivity index (χ0v) is 17.7. The Labute approximate surface area is 188 Å². The minimum absolute atomic E-state index is 0.273. The van der Waals surface area contributed by atoms with E-state index in [1.807, 2.05) is 37.3 Å². The fourth-order valence-corrected chi connectivity index (χ4v) is 3.56. The molecule has 0 spiro atoms. The van der Waals surface area contributed by atoms with Gasteiger partial charge in [0.25, 0.3) is 5.91 Å². The van der Waals surface area contributed by atoms with Gasteiger partial charge in [-0.05, 0) is 30.7 Å². The Morgan fingerprint density at radius 1 is 1.06 bits per heavy atom. The van der Waals surface area contributed by atoms with E-state index < -0.39 is 0 Å². The van der Waals surface area contributed by atoms with E-state index in [0.717, 1.165) is 11.3 Å². The molecule has 9 heteroatoms. The Morgan fingerprint density at radius 3 is 2.76 bits per heavy atom. The molecule has 3 N–H and O–H groups in total. The molecule has 0 atom stereocenters. The summed E-state index contributed by atoms with van der Waals surface area (Å²) >= 11 is 0. The summed E-state index contributed by atoms with van der Waals surface area (Å²) in [7, 11) is 0. The molecule has 2 aromatic carbocycles. The molecule has 0 saturated heterocycles. The van der Waals surface area contributed by atoms with E-state index >= 15 is 0 Å². The van der Waals surface area contributed by atoms with Gasteiger partial charge >= 0.3 is 5.69 Å². The zero-order chi connectivity index (χ0) is 22.8. The molecule has 0 saturated carbocycles. The second-order valence-electron chi connectivity index (χ2n) is 7.51. The molecule has 0 aliphatic heterocycles. The fourth-order valence-electron chi connectivity index (χ4n) is 3.56. The Kier molecular flexibility index (Phi) is 5.19. The molecular weight excluding hydrogens is 420 g/mol. The van der Waals surface area contributed by atoms with Gasteiger partial charge in [-0.15, -0.1) is 0 Å². The summed E-state index contributed by atoms with van der Waals surface area (Å²) in [4.78, 5) is 34.0. The van der Waals surface area contributed by atoms with Crippen LogP contribution in [0.4, 0.5) is 5.69 Å². The van der Waals surface area contributed by atoms with Gasteiger partial charge in [-0.3, -0.25) is 14.5 Å². The van der Waals surface area contributed by atoms with E-state index in [1.165, 1.54) is 0 Å². The number of aromatic amines is 2. The number of benzene rings is 2. The number of carbonyl (C=O) groups is 1. The van der Waals surface area contributed by atoms with Crippen LogP contribution in [0.3, 0.4) is 0 Å². The third-order valence-electron chi connectivity index (χ3n) is 5.01. The van der Waals surface area contributed by atoms with Crippen molar-refractivity contribution in [2.45, 2.75) is 13.5 Å². The van der Waals surface area contributed by atoms with Gasteiger partial charge in [-0.2, -0.15) is 5.10 Å². The summed E-state index contributed by atoms with van der Waals surface area (Å²) in [5.41, 5.74) is 3.35. The highest BCUT2D eigenvalue weighted by atomic mass is 16.5. The van der Waals surface area contributed by atoms with Crippen LogP contribution >= 0.6 is 0 Å². The molecule has 0 fully saturated rings. The third-order valence-corrected chi connectivity index (χ3v) is 5.01. The van der Waals surface area contributed by atoms with Crippen molar-refractivity contribution < 1.29 is 9.53 Å². The smallest absolute Gasteiger partial charge is 0.325 e. The van der Waals surface area contributed by atoms with Crippen LogP contribution in [-0.4, -0.2) is 30.6 Å². The Balaban J connectivity index is 1.36. The SMILES string of the molecule is Cc1cc(C(=O)Nc2cccc(Oc3ccnc4[nH]c(=O)[nH]c34)c2)n(Cc2ccccc2)n1. The summed E-state index contributed by atoms with van der Waals surface area (Å²) in [5, 5.41) is 7.38. The maximum Gasteiger partial charge on any atom is 0.325 e. The van der Waals surface area contributed by atoms with Crippen LogP contribution in [0.25, 0.3) is 11.2 Å². The number of aryl methyl sites for hydroxylation is 1. The molecule has 3 heterocycles. The maximum absolute atomic E-state index is 13.0. The van der Waals surface area contributed by atoms with Gasteiger partial charge < -0.3 is 15.0 Å². The average molecular weight is 440 g/mol. The summed E-state index contributed by atoms with van der Waals surface area (Å²) in [6, 6.07) is 20.3. The van der Waals surface area contributed by atoms with Gasteiger partial charge in [-0.1, -0.05) is 36.4 Å². The van der Waals surface area contributed by atoms with Gasteiger partial charge in [0, 0.05) is 24.0 Å². The number of anilines is 1. The first-order chi connectivity index (χ1) is 16.0. The van der Waals surface area contributed by atoms with Crippen molar-refractivity contribution in [1.29, 1.82) is 0 Å². The predicted octanol–water partition coefficient (Wildman–Crippen LogP) is 3.85. The quantitative estimate of drug-likeness (QED) is 0.371. The van der Waals surface area contributed by atoms with Crippen LogP contribution in [0.2, 0.25) is 0 Å². The number of H-pyrrole nitrogens is 2. The molecule has 1 amide bonds. The van der Waals surface area contributed by atoms with Crippen molar-refractivity contribution >= 4 is 22.8 Å². The van der Waals surface area contributed by atoms with E-state index in [9.17, 15) is 9.59 Å². The van der Waals surface area contributed by atoms with Gasteiger partial charge in [0.2, 0.25) is 0 Å². The van der Waals surface area contributed by atoms with Crippen molar-refractivity contribution in [3.63, 3.8) is 0 Å². The highest BCUT2D eigenvalue weighted by Gasteiger charge is 2.15. The van der Waals surface area contributed by atoms with Crippen molar-refractivity contribution in [2.75, 3.05) is 5.32 Å². The number of pyridine rings is 1. The molecule has 0 radical (unpaired) electrons. The van der Waals surface area contributed by atoms with E-state index in [2.05, 4.69) is 25.4 Å². The highest BCUT2D eigenvalue weighted by molar-refractivity contribution is 6.03. The summed E-state index contributed by atoms with van der Waals surface area (Å²) in [5.74, 6) is 0.666. The minimum atomic E-state index is -0.364. The highest BCUT2D eigenvalue weighted by Crippen LogP contribution is 2.28. The van der Waals surface area contributed by atoms with Gasteiger partial charge in [0.15, 0.2) is 11.4 Å². The Hall–Kier alpha value is -4.66. The molecule has 3 aromatic heterocycles. The van der Waals surface area contributed by atoms with Crippen molar-refractivity contribution in [2.24, 2.45) is 0 Å². The van der Waals surface area contributed by atoms with Gasteiger partial charge in [0.05, 0.1) is 12.2 Å². The topological polar surface area (TPSA) is 118 Å². The number of amides is 1. The largest absolute Gasteiger partial charge is 0.455 e. The monoisotopic (exact) mass is 440 g/mol. The number of rotatable bonds is 6.